The molecule has 2 amide bonds. The van der Waals surface area contributed by atoms with E-state index in [9.17, 15) is 40.3 Å². The van der Waals surface area contributed by atoms with Crippen LogP contribution in [-0.4, -0.2) is 65.8 Å². The Hall–Kier alpha value is -2.86. The molecule has 43 heavy (non-hydrogen) atoms. The van der Waals surface area contributed by atoms with Gasteiger partial charge < -0.3 is 9.80 Å². The average molecular weight is 638 g/mol. The average Bonchev–Trinajstić information content (AvgIpc) is 2.91. The second kappa shape index (κ2) is 13.4. The van der Waals surface area contributed by atoms with E-state index in [1.54, 1.807) is 17.9 Å². The van der Waals surface area contributed by atoms with Gasteiger partial charge in [0.05, 0.1) is 11.1 Å². The van der Waals surface area contributed by atoms with Gasteiger partial charge in [-0.1, -0.05) is 6.07 Å². The van der Waals surface area contributed by atoms with Gasteiger partial charge in [-0.15, -0.1) is 12.4 Å². The largest absolute Gasteiger partial charge is 0.416 e. The number of halogens is 8. The second-order valence-corrected chi connectivity index (χ2v) is 11.3. The Kier molecular flexibility index (Phi) is 10.8. The standard InChI is InChI=1S/C30H34F7N3O2.ClH/c1-18-12-23(31)4-5-25(18)27-17-40(24-6-9-39(10-7-24)19(2)41)11-8-26(27)28(42)38(3)16-20-13-21(29(32,33)34)15-22(14-20)30(35,36)37;/h4-5,12-15,24,26-27H,6-11,16-17H2,1-3H3;1H. The highest BCUT2D eigenvalue weighted by Gasteiger charge is 2.41. The van der Waals surface area contributed by atoms with Gasteiger partial charge in [-0.05, 0) is 79.8 Å². The number of hydrogen-bond acceptors (Lipinski definition) is 3. The molecule has 0 bridgehead atoms. The zero-order valence-electron chi connectivity index (χ0n) is 24.1. The molecule has 238 valence electrons. The Bertz CT molecular complexity index is 1280. The van der Waals surface area contributed by atoms with Crippen molar-refractivity contribution >= 4 is 24.2 Å². The van der Waals surface area contributed by atoms with E-state index in [1.165, 1.54) is 31.0 Å². The van der Waals surface area contributed by atoms with Crippen molar-refractivity contribution in [1.82, 2.24) is 14.7 Å². The van der Waals surface area contributed by atoms with Gasteiger partial charge in [-0.25, -0.2) is 4.39 Å². The summed E-state index contributed by atoms with van der Waals surface area (Å²) in [6.07, 6.45) is -8.03. The fraction of sp³-hybridized carbons (Fsp3) is 0.533. The lowest BCUT2D eigenvalue weighted by Gasteiger charge is -2.45. The van der Waals surface area contributed by atoms with Crippen molar-refractivity contribution in [1.29, 1.82) is 0 Å². The fourth-order valence-corrected chi connectivity index (χ4v) is 6.27. The summed E-state index contributed by atoms with van der Waals surface area (Å²) in [5.74, 6) is -1.79. The number of hydrogen-bond donors (Lipinski definition) is 0. The molecule has 0 radical (unpaired) electrons. The van der Waals surface area contributed by atoms with E-state index >= 15 is 0 Å². The van der Waals surface area contributed by atoms with Crippen molar-refractivity contribution in [3.63, 3.8) is 0 Å². The van der Waals surface area contributed by atoms with E-state index in [0.29, 0.717) is 50.3 Å². The van der Waals surface area contributed by atoms with Gasteiger partial charge in [0.1, 0.15) is 5.82 Å². The molecule has 2 heterocycles. The second-order valence-electron chi connectivity index (χ2n) is 11.3. The van der Waals surface area contributed by atoms with Gasteiger partial charge in [-0.3, -0.25) is 14.5 Å². The number of carbonyl (C=O) groups is 2. The van der Waals surface area contributed by atoms with Gasteiger partial charge in [-0.2, -0.15) is 26.3 Å². The molecule has 5 nitrogen and oxygen atoms in total. The van der Waals surface area contributed by atoms with E-state index < -0.39 is 47.7 Å². The molecular formula is C30H35ClF7N3O2. The first-order chi connectivity index (χ1) is 19.5. The van der Waals surface area contributed by atoms with E-state index in [2.05, 4.69) is 4.90 Å². The highest BCUT2D eigenvalue weighted by atomic mass is 35.5. The summed E-state index contributed by atoms with van der Waals surface area (Å²) >= 11 is 0. The summed E-state index contributed by atoms with van der Waals surface area (Å²) in [6, 6.07) is 5.86. The minimum Gasteiger partial charge on any atom is -0.343 e. The molecule has 2 atom stereocenters. The fourth-order valence-electron chi connectivity index (χ4n) is 6.27. The third-order valence-electron chi connectivity index (χ3n) is 8.46. The molecule has 4 rings (SSSR count). The number of nitrogens with zero attached hydrogens (tertiary/aromatic N) is 3. The molecule has 0 N–H and O–H groups in total. The number of benzene rings is 2. The van der Waals surface area contributed by atoms with E-state index in [0.717, 1.165) is 18.4 Å². The molecule has 13 heteroatoms. The van der Waals surface area contributed by atoms with Crippen molar-refractivity contribution in [2.75, 3.05) is 33.2 Å². The van der Waals surface area contributed by atoms with Crippen LogP contribution in [0.3, 0.4) is 0 Å². The lowest BCUT2D eigenvalue weighted by molar-refractivity contribution is -0.143. The van der Waals surface area contributed by atoms with E-state index in [-0.39, 0.29) is 41.9 Å². The van der Waals surface area contributed by atoms with Crippen LogP contribution in [0.1, 0.15) is 59.9 Å². The van der Waals surface area contributed by atoms with Crippen LogP contribution in [0.4, 0.5) is 30.7 Å². The topological polar surface area (TPSA) is 43.9 Å². The summed E-state index contributed by atoms with van der Waals surface area (Å²) in [6.45, 7) is 5.12. The Labute approximate surface area is 252 Å². The molecule has 0 aliphatic carbocycles. The first-order valence-corrected chi connectivity index (χ1v) is 13.8. The monoisotopic (exact) mass is 637 g/mol. The SMILES string of the molecule is CC(=O)N1CCC(N2CCC(C(=O)N(C)Cc3cc(C(F)(F)F)cc(C(F)(F)F)c3)C(c3ccc(F)cc3C)C2)CC1.Cl. The zero-order valence-corrected chi connectivity index (χ0v) is 24.9. The zero-order chi connectivity index (χ0) is 31.0. The third-order valence-corrected chi connectivity index (χ3v) is 8.46. The summed E-state index contributed by atoms with van der Waals surface area (Å²) in [4.78, 5) is 30.8. The number of aryl methyl sites for hydroxylation is 1. The molecule has 0 spiro atoms. The number of amides is 2. The van der Waals surface area contributed by atoms with Crippen LogP contribution < -0.4 is 0 Å². The Morgan fingerprint density at radius 3 is 2.00 bits per heavy atom. The van der Waals surface area contributed by atoms with Gasteiger partial charge in [0.2, 0.25) is 11.8 Å². The number of rotatable bonds is 5. The van der Waals surface area contributed by atoms with Gasteiger partial charge >= 0.3 is 12.4 Å². The molecule has 0 aromatic heterocycles. The summed E-state index contributed by atoms with van der Waals surface area (Å²) in [5, 5.41) is 0. The summed E-state index contributed by atoms with van der Waals surface area (Å²) in [7, 11) is 1.37. The maximum Gasteiger partial charge on any atom is 0.416 e. The number of alkyl halides is 6. The van der Waals surface area contributed by atoms with Crippen molar-refractivity contribution in [3.8, 4) is 0 Å². The molecular weight excluding hydrogens is 603 g/mol. The van der Waals surface area contributed by atoms with Crippen LogP contribution in [0.25, 0.3) is 0 Å². The van der Waals surface area contributed by atoms with Crippen LogP contribution >= 0.6 is 12.4 Å². The lowest BCUT2D eigenvalue weighted by atomic mass is 9.77. The molecule has 2 aromatic carbocycles. The van der Waals surface area contributed by atoms with E-state index in [4.69, 9.17) is 0 Å². The number of piperidine rings is 2. The van der Waals surface area contributed by atoms with Gasteiger partial charge in [0, 0.05) is 58.0 Å². The first kappa shape index (κ1) is 34.6. The summed E-state index contributed by atoms with van der Waals surface area (Å²) in [5.41, 5.74) is -1.72. The predicted molar refractivity (Wildman–Crippen MR) is 149 cm³/mol. The first-order valence-electron chi connectivity index (χ1n) is 13.8. The number of carbonyl (C=O) groups excluding carboxylic acids is 2. The molecule has 2 saturated heterocycles. The molecule has 2 fully saturated rings. The van der Waals surface area contributed by atoms with Crippen LogP contribution in [0.15, 0.2) is 36.4 Å². The van der Waals surface area contributed by atoms with Crippen molar-refractivity contribution in [2.45, 2.75) is 64.0 Å². The Morgan fingerprint density at radius 2 is 1.49 bits per heavy atom. The predicted octanol–water partition coefficient (Wildman–Crippen LogP) is 6.67. The summed E-state index contributed by atoms with van der Waals surface area (Å²) < 4.78 is 94.2. The molecule has 2 aliphatic heterocycles. The third kappa shape index (κ3) is 8.20. The lowest BCUT2D eigenvalue weighted by Crippen LogP contribution is -2.52. The van der Waals surface area contributed by atoms with Gasteiger partial charge in [0.15, 0.2) is 0 Å². The molecule has 2 unspecified atom stereocenters. The highest BCUT2D eigenvalue weighted by molar-refractivity contribution is 5.85. The molecule has 2 aliphatic rings. The van der Waals surface area contributed by atoms with Gasteiger partial charge in [0.25, 0.3) is 0 Å². The smallest absolute Gasteiger partial charge is 0.343 e. The van der Waals surface area contributed by atoms with Crippen molar-refractivity contribution in [2.24, 2.45) is 5.92 Å². The Balaban J connectivity index is 0.00000506. The minimum atomic E-state index is -4.99. The molecule has 0 saturated carbocycles. The highest BCUT2D eigenvalue weighted by Crippen LogP contribution is 2.39. The maximum absolute atomic E-state index is 14.0. The van der Waals surface area contributed by atoms with Crippen LogP contribution in [0.2, 0.25) is 0 Å². The van der Waals surface area contributed by atoms with Crippen LogP contribution in [-0.2, 0) is 28.5 Å². The van der Waals surface area contributed by atoms with Crippen LogP contribution in [0, 0.1) is 18.7 Å². The van der Waals surface area contributed by atoms with Crippen molar-refractivity contribution < 1.29 is 40.3 Å². The molecule has 2 aromatic rings. The van der Waals surface area contributed by atoms with Crippen molar-refractivity contribution in [3.05, 3.63) is 70.0 Å². The van der Waals surface area contributed by atoms with Crippen LogP contribution in [0.5, 0.6) is 0 Å². The minimum absolute atomic E-state index is 0. The maximum atomic E-state index is 14.0. The quantitative estimate of drug-likeness (QED) is 0.344. The van der Waals surface area contributed by atoms with E-state index in [1.807, 2.05) is 0 Å². The number of likely N-dealkylation sites (tertiary alicyclic amines) is 2. The normalized spacial score (nSPS) is 20.5. The Morgan fingerprint density at radius 1 is 0.907 bits per heavy atom.